The van der Waals surface area contributed by atoms with Crippen molar-refractivity contribution in [2.75, 3.05) is 0 Å². The van der Waals surface area contributed by atoms with Gasteiger partial charge in [0.1, 0.15) is 0 Å². The van der Waals surface area contributed by atoms with Crippen LogP contribution < -0.4 is 0 Å². The van der Waals surface area contributed by atoms with Gasteiger partial charge in [0.05, 0.1) is 34.4 Å². The Morgan fingerprint density at radius 1 is 0.413 bits per heavy atom. The highest BCUT2D eigenvalue weighted by Crippen LogP contribution is 2.38. The second-order valence-electron chi connectivity index (χ2n) is 11.2. The van der Waals surface area contributed by atoms with Crippen LogP contribution in [0.3, 0.4) is 0 Å². The van der Waals surface area contributed by atoms with Crippen LogP contribution in [-0.2, 0) is 0 Å². The summed E-state index contributed by atoms with van der Waals surface area (Å²) in [5.41, 5.74) is 10.5. The molecule has 3 heterocycles. The van der Waals surface area contributed by atoms with E-state index in [1.807, 2.05) is 60.7 Å². The van der Waals surface area contributed by atoms with E-state index in [0.717, 1.165) is 66.9 Å². The number of pyridine rings is 3. The molecule has 0 aliphatic carbocycles. The molecule has 0 saturated heterocycles. The highest BCUT2D eigenvalue weighted by atomic mass is 14.8. The summed E-state index contributed by atoms with van der Waals surface area (Å²) in [6.45, 7) is 0. The number of hydrogen-bond acceptors (Lipinski definition) is 4. The number of rotatable bonds is 5. The third-order valence-corrected chi connectivity index (χ3v) is 8.39. The van der Waals surface area contributed by atoms with Gasteiger partial charge in [-0.05, 0) is 122 Å². The largest absolute Gasteiger partial charge is 0.255 e. The first-order valence-corrected chi connectivity index (χ1v) is 15.2. The number of fused-ring (bicyclic) bond motifs is 2. The highest BCUT2D eigenvalue weighted by molar-refractivity contribution is 6.03. The van der Waals surface area contributed by atoms with Crippen LogP contribution in [0.4, 0.5) is 0 Å². The average molecular weight is 587 g/mol. The first kappa shape index (κ1) is 27.1. The van der Waals surface area contributed by atoms with Gasteiger partial charge in [-0.1, -0.05) is 78.9 Å². The van der Waals surface area contributed by atoms with Crippen molar-refractivity contribution in [2.24, 2.45) is 0 Å². The van der Waals surface area contributed by atoms with Crippen LogP contribution in [0.5, 0.6) is 0 Å². The lowest BCUT2D eigenvalue weighted by atomic mass is 9.90. The SMILES string of the molecule is N#Cc1ccc(-c2cccc3ccc(-c4cc(-c5cc(-c6ccccn6)nc(-c6ccccn6)c5)c5ccccc5c4)cc23)cc1. The van der Waals surface area contributed by atoms with Crippen LogP contribution in [0.25, 0.3) is 77.7 Å². The zero-order valence-electron chi connectivity index (χ0n) is 24.8. The van der Waals surface area contributed by atoms with Crippen molar-refractivity contribution in [1.29, 1.82) is 5.26 Å². The van der Waals surface area contributed by atoms with Crippen molar-refractivity contribution in [3.63, 3.8) is 0 Å². The summed E-state index contributed by atoms with van der Waals surface area (Å²) in [6.07, 6.45) is 3.60. The molecule has 4 nitrogen and oxygen atoms in total. The Morgan fingerprint density at radius 3 is 1.78 bits per heavy atom. The van der Waals surface area contributed by atoms with E-state index < -0.39 is 0 Å². The van der Waals surface area contributed by atoms with Gasteiger partial charge < -0.3 is 0 Å². The molecule has 4 heteroatoms. The van der Waals surface area contributed by atoms with E-state index in [4.69, 9.17) is 4.98 Å². The maximum Gasteiger partial charge on any atom is 0.0991 e. The fourth-order valence-corrected chi connectivity index (χ4v) is 6.12. The lowest BCUT2D eigenvalue weighted by molar-refractivity contribution is 1.22. The highest BCUT2D eigenvalue weighted by Gasteiger charge is 2.15. The van der Waals surface area contributed by atoms with Crippen molar-refractivity contribution in [2.45, 2.75) is 0 Å². The number of hydrogen-bond donors (Lipinski definition) is 0. The van der Waals surface area contributed by atoms with Gasteiger partial charge >= 0.3 is 0 Å². The van der Waals surface area contributed by atoms with Crippen molar-refractivity contribution < 1.29 is 0 Å². The number of nitriles is 1. The first-order valence-electron chi connectivity index (χ1n) is 15.2. The standard InChI is InChI=1S/C42H26N4/c43-27-28-14-16-30(17-15-28)35-11-7-9-29-18-19-31(23-37(29)35)33-22-32-8-1-2-10-36(32)38(24-33)34-25-41(39-12-3-5-20-44-39)46-42(26-34)40-13-4-6-21-45-40/h1-26H. The van der Waals surface area contributed by atoms with E-state index in [1.165, 1.54) is 10.8 Å². The predicted octanol–water partition coefficient (Wildman–Crippen LogP) is 10.4. The molecule has 0 unspecified atom stereocenters. The molecule has 0 fully saturated rings. The number of benzene rings is 5. The molecule has 5 aromatic carbocycles. The second kappa shape index (κ2) is 11.6. The van der Waals surface area contributed by atoms with Crippen molar-refractivity contribution in [3.05, 3.63) is 164 Å². The fourth-order valence-electron chi connectivity index (χ4n) is 6.12. The Kier molecular flexibility index (Phi) is 6.83. The minimum Gasteiger partial charge on any atom is -0.255 e. The summed E-state index contributed by atoms with van der Waals surface area (Å²) in [6, 6.07) is 52.2. The molecule has 3 aromatic heterocycles. The maximum absolute atomic E-state index is 9.30. The third-order valence-electron chi connectivity index (χ3n) is 8.39. The first-order chi connectivity index (χ1) is 22.7. The molecule has 8 rings (SSSR count). The molecule has 214 valence electrons. The molecule has 8 aromatic rings. The van der Waals surface area contributed by atoms with E-state index in [2.05, 4.69) is 101 Å². The Labute approximate surface area is 266 Å². The molecule has 0 N–H and O–H groups in total. The van der Waals surface area contributed by atoms with Crippen LogP contribution in [-0.4, -0.2) is 15.0 Å². The topological polar surface area (TPSA) is 62.5 Å². The molecule has 0 spiro atoms. The van der Waals surface area contributed by atoms with E-state index in [1.54, 1.807) is 12.4 Å². The molecule has 0 radical (unpaired) electrons. The molecular formula is C42H26N4. The van der Waals surface area contributed by atoms with E-state index in [0.29, 0.717) is 5.56 Å². The summed E-state index contributed by atoms with van der Waals surface area (Å²) < 4.78 is 0. The molecular weight excluding hydrogens is 560 g/mol. The van der Waals surface area contributed by atoms with Gasteiger partial charge in [0.2, 0.25) is 0 Å². The Morgan fingerprint density at radius 2 is 1.09 bits per heavy atom. The zero-order chi connectivity index (χ0) is 30.9. The third kappa shape index (κ3) is 5.06. The molecule has 46 heavy (non-hydrogen) atoms. The fraction of sp³-hybridized carbons (Fsp3) is 0. The van der Waals surface area contributed by atoms with Gasteiger partial charge in [-0.3, -0.25) is 9.97 Å². The Hall–Kier alpha value is -6.44. The molecule has 0 amide bonds. The van der Waals surface area contributed by atoms with E-state index >= 15 is 0 Å². The smallest absolute Gasteiger partial charge is 0.0991 e. The summed E-state index contributed by atoms with van der Waals surface area (Å²) in [5, 5.41) is 14.0. The van der Waals surface area contributed by atoms with Crippen molar-refractivity contribution in [3.8, 4) is 62.2 Å². The van der Waals surface area contributed by atoms with Gasteiger partial charge in [0.15, 0.2) is 0 Å². The molecule has 0 aliphatic heterocycles. The minimum absolute atomic E-state index is 0.655. The van der Waals surface area contributed by atoms with Crippen LogP contribution in [0.15, 0.2) is 158 Å². The summed E-state index contributed by atoms with van der Waals surface area (Å²) >= 11 is 0. The van der Waals surface area contributed by atoms with Gasteiger partial charge in [0, 0.05) is 12.4 Å². The van der Waals surface area contributed by atoms with Gasteiger partial charge in [-0.15, -0.1) is 0 Å². The molecule has 0 atom stereocenters. The quantitative estimate of drug-likeness (QED) is 0.201. The average Bonchev–Trinajstić information content (AvgIpc) is 3.14. The van der Waals surface area contributed by atoms with Crippen LogP contribution in [0, 0.1) is 11.3 Å². The van der Waals surface area contributed by atoms with E-state index in [9.17, 15) is 5.26 Å². The Bertz CT molecular complexity index is 2350. The summed E-state index contributed by atoms with van der Waals surface area (Å²) in [7, 11) is 0. The monoisotopic (exact) mass is 586 g/mol. The van der Waals surface area contributed by atoms with Gasteiger partial charge in [0.25, 0.3) is 0 Å². The van der Waals surface area contributed by atoms with E-state index in [-0.39, 0.29) is 0 Å². The van der Waals surface area contributed by atoms with Crippen molar-refractivity contribution >= 4 is 21.5 Å². The lowest BCUT2D eigenvalue weighted by Gasteiger charge is -2.15. The normalized spacial score (nSPS) is 11.0. The maximum atomic E-state index is 9.30. The molecule has 0 bridgehead atoms. The lowest BCUT2D eigenvalue weighted by Crippen LogP contribution is -1.94. The van der Waals surface area contributed by atoms with Crippen LogP contribution in [0.1, 0.15) is 5.56 Å². The van der Waals surface area contributed by atoms with Crippen molar-refractivity contribution in [1.82, 2.24) is 15.0 Å². The number of aromatic nitrogens is 3. The number of nitrogens with zero attached hydrogens (tertiary/aromatic N) is 4. The van der Waals surface area contributed by atoms with Gasteiger partial charge in [-0.2, -0.15) is 5.26 Å². The minimum atomic E-state index is 0.655. The second-order valence-corrected chi connectivity index (χ2v) is 11.2. The van der Waals surface area contributed by atoms with Gasteiger partial charge in [-0.25, -0.2) is 4.98 Å². The zero-order valence-corrected chi connectivity index (χ0v) is 24.8. The summed E-state index contributed by atoms with van der Waals surface area (Å²) in [4.78, 5) is 14.2. The predicted molar refractivity (Wildman–Crippen MR) is 187 cm³/mol. The van der Waals surface area contributed by atoms with Crippen LogP contribution >= 0.6 is 0 Å². The molecule has 0 saturated carbocycles. The van der Waals surface area contributed by atoms with Crippen LogP contribution in [0.2, 0.25) is 0 Å². The molecule has 0 aliphatic rings. The Balaban J connectivity index is 1.33. The summed E-state index contributed by atoms with van der Waals surface area (Å²) in [5.74, 6) is 0.